The van der Waals surface area contributed by atoms with Crippen molar-refractivity contribution in [3.8, 4) is 0 Å². The van der Waals surface area contributed by atoms with E-state index >= 15 is 0 Å². The van der Waals surface area contributed by atoms with Crippen LogP contribution in [-0.2, 0) is 0 Å². The second-order valence-electron chi connectivity index (χ2n) is 5.49. The molecular weight excluding hydrogens is 268 g/mol. The minimum atomic E-state index is 0.571. The molecule has 1 aliphatic heterocycles. The number of fused-ring (bicyclic) bond motifs is 1. The van der Waals surface area contributed by atoms with Crippen LogP contribution in [-0.4, -0.2) is 35.6 Å². The molecule has 1 aliphatic rings. The summed E-state index contributed by atoms with van der Waals surface area (Å²) in [6.07, 6.45) is 5.42. The molecule has 0 bridgehead atoms. The third-order valence-corrected chi connectivity index (χ3v) is 5.05. The molecule has 1 fully saturated rings. The molecule has 0 amide bonds. The third-order valence-electron chi connectivity index (χ3n) is 3.97. The summed E-state index contributed by atoms with van der Waals surface area (Å²) < 4.78 is 1.24. The quantitative estimate of drug-likeness (QED) is 0.860. The summed E-state index contributed by atoms with van der Waals surface area (Å²) in [5.74, 6) is 1.13. The highest BCUT2D eigenvalue weighted by molar-refractivity contribution is 7.18. The number of nitrogens with one attached hydrogen (secondary N) is 1. The van der Waals surface area contributed by atoms with Crippen LogP contribution in [0.5, 0.6) is 0 Å². The minimum Gasteiger partial charge on any atom is -0.351 e. The third kappa shape index (κ3) is 2.52. The minimum absolute atomic E-state index is 0.571. The van der Waals surface area contributed by atoms with E-state index < -0.39 is 0 Å². The fraction of sp³-hybridized carbons (Fsp3) is 0.600. The Kier molecular flexibility index (Phi) is 4.17. The van der Waals surface area contributed by atoms with Crippen molar-refractivity contribution in [1.29, 1.82) is 0 Å². The van der Waals surface area contributed by atoms with Crippen molar-refractivity contribution in [3.63, 3.8) is 0 Å². The van der Waals surface area contributed by atoms with Gasteiger partial charge >= 0.3 is 0 Å². The number of nitrogens with zero attached hydrogens (tertiary/aromatic N) is 3. The van der Waals surface area contributed by atoms with E-state index in [1.54, 1.807) is 17.7 Å². The Hall–Kier alpha value is -1.20. The molecule has 5 heteroatoms. The molecule has 108 valence electrons. The zero-order valence-electron chi connectivity index (χ0n) is 12.2. The van der Waals surface area contributed by atoms with Gasteiger partial charge in [0.2, 0.25) is 0 Å². The lowest BCUT2D eigenvalue weighted by Crippen LogP contribution is -2.38. The molecule has 3 rings (SSSR count). The Bertz CT molecular complexity index is 580. The molecule has 0 radical (unpaired) electrons. The van der Waals surface area contributed by atoms with Gasteiger partial charge in [-0.05, 0) is 43.7 Å². The number of hydrogen-bond acceptors (Lipinski definition) is 5. The Morgan fingerprint density at radius 2 is 2.35 bits per heavy atom. The van der Waals surface area contributed by atoms with Gasteiger partial charge in [0.25, 0.3) is 0 Å². The van der Waals surface area contributed by atoms with Crippen LogP contribution in [0.25, 0.3) is 10.2 Å². The van der Waals surface area contributed by atoms with E-state index in [0.717, 1.165) is 31.0 Å². The first kappa shape index (κ1) is 13.8. The van der Waals surface area contributed by atoms with Crippen molar-refractivity contribution >= 4 is 27.4 Å². The van der Waals surface area contributed by atoms with Gasteiger partial charge in [0.05, 0.1) is 10.2 Å². The van der Waals surface area contributed by atoms with E-state index in [9.17, 15) is 0 Å². The average molecular weight is 290 g/mol. The average Bonchev–Trinajstić information content (AvgIpc) is 3.07. The van der Waals surface area contributed by atoms with Gasteiger partial charge in [0, 0.05) is 19.1 Å². The fourth-order valence-electron chi connectivity index (χ4n) is 2.93. The second kappa shape index (κ2) is 6.06. The van der Waals surface area contributed by atoms with Crippen LogP contribution in [0.4, 0.5) is 5.82 Å². The Morgan fingerprint density at radius 3 is 3.20 bits per heavy atom. The van der Waals surface area contributed by atoms with E-state index in [-0.39, 0.29) is 0 Å². The molecule has 4 nitrogen and oxygen atoms in total. The normalized spacial score (nSPS) is 19.1. The summed E-state index contributed by atoms with van der Waals surface area (Å²) in [6.45, 7) is 7.61. The molecular formula is C15H22N4S. The standard InChI is InChI=1S/C15H22N4S/c1-3-6-16-8-12-5-4-7-19(12)15-14-13(17-10-18-15)11(2)9-20-14/h9-10,12,16H,3-8H2,1-2H3. The van der Waals surface area contributed by atoms with Crippen LogP contribution >= 0.6 is 11.3 Å². The van der Waals surface area contributed by atoms with Gasteiger partial charge in [-0.2, -0.15) is 0 Å². The van der Waals surface area contributed by atoms with Gasteiger partial charge in [-0.1, -0.05) is 6.92 Å². The van der Waals surface area contributed by atoms with Crippen molar-refractivity contribution in [2.45, 2.75) is 39.2 Å². The molecule has 0 aliphatic carbocycles. The van der Waals surface area contributed by atoms with E-state index in [1.165, 1.54) is 29.5 Å². The first-order valence-corrected chi connectivity index (χ1v) is 8.35. The molecule has 0 aromatic carbocycles. The summed E-state index contributed by atoms with van der Waals surface area (Å²) in [4.78, 5) is 11.5. The second-order valence-corrected chi connectivity index (χ2v) is 6.37. The van der Waals surface area contributed by atoms with E-state index in [2.05, 4.69) is 39.4 Å². The maximum absolute atomic E-state index is 4.58. The van der Waals surface area contributed by atoms with Crippen molar-refractivity contribution in [3.05, 3.63) is 17.3 Å². The monoisotopic (exact) mass is 290 g/mol. The van der Waals surface area contributed by atoms with E-state index in [1.807, 2.05) is 0 Å². The summed E-state index contributed by atoms with van der Waals surface area (Å²) >= 11 is 1.77. The van der Waals surface area contributed by atoms with Gasteiger partial charge in [-0.15, -0.1) is 11.3 Å². The highest BCUT2D eigenvalue weighted by atomic mass is 32.1. The largest absolute Gasteiger partial charge is 0.351 e. The predicted octanol–water partition coefficient (Wildman–Crippen LogP) is 2.97. The first-order chi connectivity index (χ1) is 9.81. The number of thiophene rings is 1. The smallest absolute Gasteiger partial charge is 0.150 e. The Balaban J connectivity index is 1.85. The molecule has 20 heavy (non-hydrogen) atoms. The molecule has 3 heterocycles. The number of hydrogen-bond donors (Lipinski definition) is 1. The Labute approximate surface area is 124 Å². The Morgan fingerprint density at radius 1 is 1.45 bits per heavy atom. The molecule has 2 aromatic heterocycles. The van der Waals surface area contributed by atoms with Crippen molar-refractivity contribution in [2.75, 3.05) is 24.5 Å². The fourth-order valence-corrected chi connectivity index (χ4v) is 3.94. The molecule has 0 saturated carbocycles. The number of rotatable bonds is 5. The van der Waals surface area contributed by atoms with Crippen LogP contribution in [0, 0.1) is 6.92 Å². The van der Waals surface area contributed by atoms with Gasteiger partial charge in [0.1, 0.15) is 12.1 Å². The molecule has 1 unspecified atom stereocenters. The molecule has 1 N–H and O–H groups in total. The first-order valence-electron chi connectivity index (χ1n) is 7.47. The zero-order valence-corrected chi connectivity index (χ0v) is 13.0. The topological polar surface area (TPSA) is 41.0 Å². The maximum atomic E-state index is 4.58. The van der Waals surface area contributed by atoms with Gasteiger partial charge in [-0.25, -0.2) is 9.97 Å². The molecule has 0 spiro atoms. The van der Waals surface area contributed by atoms with Crippen LogP contribution in [0.1, 0.15) is 31.7 Å². The molecule has 1 atom stereocenters. The van der Waals surface area contributed by atoms with E-state index in [0.29, 0.717) is 6.04 Å². The highest BCUT2D eigenvalue weighted by Gasteiger charge is 2.27. The summed E-state index contributed by atoms with van der Waals surface area (Å²) in [5, 5.41) is 5.73. The summed E-state index contributed by atoms with van der Waals surface area (Å²) in [5.41, 5.74) is 2.38. The van der Waals surface area contributed by atoms with Crippen LogP contribution in [0.2, 0.25) is 0 Å². The van der Waals surface area contributed by atoms with Gasteiger partial charge < -0.3 is 10.2 Å². The SMILES string of the molecule is CCCNCC1CCCN1c1ncnc2c(C)csc12. The maximum Gasteiger partial charge on any atom is 0.150 e. The lowest BCUT2D eigenvalue weighted by Gasteiger charge is -2.26. The van der Waals surface area contributed by atoms with Crippen molar-refractivity contribution in [2.24, 2.45) is 0 Å². The van der Waals surface area contributed by atoms with Gasteiger partial charge in [0.15, 0.2) is 0 Å². The number of aromatic nitrogens is 2. The summed E-state index contributed by atoms with van der Waals surface area (Å²) in [7, 11) is 0. The van der Waals surface area contributed by atoms with Gasteiger partial charge in [-0.3, -0.25) is 0 Å². The van der Waals surface area contributed by atoms with Crippen molar-refractivity contribution in [1.82, 2.24) is 15.3 Å². The summed E-state index contributed by atoms with van der Waals surface area (Å²) in [6, 6.07) is 0.571. The van der Waals surface area contributed by atoms with Crippen LogP contribution in [0.15, 0.2) is 11.7 Å². The number of anilines is 1. The molecule has 1 saturated heterocycles. The highest BCUT2D eigenvalue weighted by Crippen LogP contribution is 2.34. The number of aryl methyl sites for hydroxylation is 1. The predicted molar refractivity (Wildman–Crippen MR) is 85.7 cm³/mol. The van der Waals surface area contributed by atoms with Crippen molar-refractivity contribution < 1.29 is 0 Å². The lowest BCUT2D eigenvalue weighted by molar-refractivity contribution is 0.569. The lowest BCUT2D eigenvalue weighted by atomic mass is 10.2. The zero-order chi connectivity index (χ0) is 13.9. The van der Waals surface area contributed by atoms with E-state index in [4.69, 9.17) is 0 Å². The molecule has 2 aromatic rings. The van der Waals surface area contributed by atoms with Crippen LogP contribution in [0.3, 0.4) is 0 Å². The van der Waals surface area contributed by atoms with Crippen LogP contribution < -0.4 is 10.2 Å².